The summed E-state index contributed by atoms with van der Waals surface area (Å²) in [5.74, 6) is -0.464. The average Bonchev–Trinajstić information content (AvgIpc) is 3.06. The van der Waals surface area contributed by atoms with Crippen molar-refractivity contribution in [3.8, 4) is 11.5 Å². The van der Waals surface area contributed by atoms with Gasteiger partial charge < -0.3 is 19.7 Å². The van der Waals surface area contributed by atoms with Gasteiger partial charge in [-0.05, 0) is 41.5 Å². The van der Waals surface area contributed by atoms with Gasteiger partial charge in [0.2, 0.25) is 11.8 Å². The van der Waals surface area contributed by atoms with E-state index in [4.69, 9.17) is 21.1 Å². The van der Waals surface area contributed by atoms with Crippen LogP contribution in [0.4, 0.5) is 5.69 Å². The summed E-state index contributed by atoms with van der Waals surface area (Å²) in [7, 11) is 0.0462. The monoisotopic (exact) mass is 635 g/mol. The highest BCUT2D eigenvalue weighted by Gasteiger charge is 2.35. The third-order valence-corrected chi connectivity index (χ3v) is 9.22. The lowest BCUT2D eigenvalue weighted by Gasteiger charge is -2.34. The molecule has 4 aromatic carbocycles. The molecule has 11 heteroatoms. The number of hydrogen-bond donors (Lipinski definition) is 1. The SMILES string of the molecule is CNC(=O)C(Cc1ccccc1)N(Cc1ccccc1Cl)C(=O)CN(c1cc(OC)ccc1OC)S(=O)(=O)c1ccccc1. The number of halogens is 1. The summed E-state index contributed by atoms with van der Waals surface area (Å²) < 4.78 is 40.2. The second-order valence-corrected chi connectivity index (χ2v) is 12.1. The van der Waals surface area contributed by atoms with Crippen LogP contribution in [0, 0.1) is 0 Å². The first-order valence-corrected chi connectivity index (χ1v) is 15.6. The van der Waals surface area contributed by atoms with Gasteiger partial charge >= 0.3 is 0 Å². The van der Waals surface area contributed by atoms with Gasteiger partial charge in [-0.2, -0.15) is 0 Å². The molecule has 0 heterocycles. The van der Waals surface area contributed by atoms with Crippen LogP contribution in [0.2, 0.25) is 5.02 Å². The Morgan fingerprint density at radius 1 is 0.864 bits per heavy atom. The lowest BCUT2D eigenvalue weighted by Crippen LogP contribution is -2.53. The molecule has 0 saturated heterocycles. The van der Waals surface area contributed by atoms with Crippen LogP contribution in [0.3, 0.4) is 0 Å². The minimum Gasteiger partial charge on any atom is -0.497 e. The molecule has 0 bridgehead atoms. The summed E-state index contributed by atoms with van der Waals surface area (Å²) in [5.41, 5.74) is 1.52. The quantitative estimate of drug-likeness (QED) is 0.223. The average molecular weight is 636 g/mol. The van der Waals surface area contributed by atoms with Crippen molar-refractivity contribution in [2.24, 2.45) is 0 Å². The van der Waals surface area contributed by atoms with Gasteiger partial charge in [0.25, 0.3) is 10.0 Å². The highest BCUT2D eigenvalue weighted by atomic mass is 35.5. The number of amides is 2. The molecule has 230 valence electrons. The van der Waals surface area contributed by atoms with Gasteiger partial charge in [-0.1, -0.05) is 78.3 Å². The molecule has 0 aliphatic heterocycles. The van der Waals surface area contributed by atoms with Crippen molar-refractivity contribution in [1.29, 1.82) is 0 Å². The lowest BCUT2D eigenvalue weighted by molar-refractivity contribution is -0.139. The topological polar surface area (TPSA) is 105 Å². The molecule has 2 amide bonds. The summed E-state index contributed by atoms with van der Waals surface area (Å²) in [6.45, 7) is -0.689. The maximum Gasteiger partial charge on any atom is 0.264 e. The molecule has 1 N–H and O–H groups in total. The van der Waals surface area contributed by atoms with Crippen LogP contribution in [-0.4, -0.2) is 59.0 Å². The third kappa shape index (κ3) is 7.50. The summed E-state index contributed by atoms with van der Waals surface area (Å²) >= 11 is 6.50. The molecule has 0 aliphatic rings. The molecule has 1 unspecified atom stereocenters. The normalized spacial score (nSPS) is 11.7. The Morgan fingerprint density at radius 3 is 2.11 bits per heavy atom. The predicted molar refractivity (Wildman–Crippen MR) is 171 cm³/mol. The molecular weight excluding hydrogens is 602 g/mol. The van der Waals surface area contributed by atoms with Gasteiger partial charge in [0.05, 0.1) is 24.8 Å². The molecule has 0 aromatic heterocycles. The first-order valence-electron chi connectivity index (χ1n) is 13.8. The van der Waals surface area contributed by atoms with Crippen LogP contribution < -0.4 is 19.1 Å². The minimum absolute atomic E-state index is 0.0255. The zero-order chi connectivity index (χ0) is 31.7. The van der Waals surface area contributed by atoms with Crippen molar-refractivity contribution < 1.29 is 27.5 Å². The van der Waals surface area contributed by atoms with Crippen molar-refractivity contribution in [2.75, 3.05) is 32.1 Å². The van der Waals surface area contributed by atoms with Gasteiger partial charge in [-0.15, -0.1) is 0 Å². The Hall–Kier alpha value is -4.54. The van der Waals surface area contributed by atoms with Gasteiger partial charge in [0.15, 0.2) is 0 Å². The fourth-order valence-electron chi connectivity index (χ4n) is 4.76. The molecule has 0 fully saturated rings. The minimum atomic E-state index is -4.31. The second-order valence-electron chi connectivity index (χ2n) is 9.80. The van der Waals surface area contributed by atoms with E-state index in [1.54, 1.807) is 54.6 Å². The van der Waals surface area contributed by atoms with E-state index < -0.39 is 34.4 Å². The third-order valence-electron chi connectivity index (χ3n) is 7.08. The Kier molecular flexibility index (Phi) is 10.9. The predicted octanol–water partition coefficient (Wildman–Crippen LogP) is 4.94. The van der Waals surface area contributed by atoms with E-state index in [-0.39, 0.29) is 29.3 Å². The van der Waals surface area contributed by atoms with Crippen LogP contribution in [0.15, 0.2) is 108 Å². The number of hydrogen-bond acceptors (Lipinski definition) is 6. The van der Waals surface area contributed by atoms with E-state index in [1.807, 2.05) is 30.3 Å². The summed E-state index contributed by atoms with van der Waals surface area (Å²) in [6.07, 6.45) is 0.185. The Morgan fingerprint density at radius 2 is 1.50 bits per heavy atom. The molecule has 4 rings (SSSR count). The number of nitrogens with one attached hydrogen (secondary N) is 1. The number of ether oxygens (including phenoxy) is 2. The number of likely N-dealkylation sites (N-methyl/N-ethyl adjacent to an activating group) is 1. The van der Waals surface area contributed by atoms with E-state index in [9.17, 15) is 18.0 Å². The molecule has 4 aromatic rings. The number of benzene rings is 4. The van der Waals surface area contributed by atoms with Crippen molar-refractivity contribution in [1.82, 2.24) is 10.2 Å². The van der Waals surface area contributed by atoms with Gasteiger partial charge in [0.1, 0.15) is 24.1 Å². The fourth-order valence-corrected chi connectivity index (χ4v) is 6.39. The van der Waals surface area contributed by atoms with Crippen molar-refractivity contribution in [2.45, 2.75) is 23.9 Å². The zero-order valence-corrected chi connectivity index (χ0v) is 26.2. The standard InChI is InChI=1S/C33H34ClN3O6S/c1-35-33(39)30(20-24-12-6-4-7-13-24)36(22-25-14-10-11-17-28(25)34)32(38)23-37(44(40,41)27-15-8-5-9-16-27)29-21-26(42-2)18-19-31(29)43-3/h4-19,21,30H,20,22-23H2,1-3H3,(H,35,39). The summed E-state index contributed by atoms with van der Waals surface area (Å²) in [5, 5.41) is 3.07. The fraction of sp³-hybridized carbons (Fsp3) is 0.212. The smallest absolute Gasteiger partial charge is 0.264 e. The maximum absolute atomic E-state index is 14.5. The van der Waals surface area contributed by atoms with E-state index >= 15 is 0 Å². The van der Waals surface area contributed by atoms with Crippen LogP contribution in [0.5, 0.6) is 11.5 Å². The Bertz CT molecular complexity index is 1690. The molecule has 0 spiro atoms. The van der Waals surface area contributed by atoms with Crippen molar-refractivity contribution >= 4 is 39.1 Å². The van der Waals surface area contributed by atoms with E-state index in [0.717, 1.165) is 9.87 Å². The first-order chi connectivity index (χ1) is 21.2. The van der Waals surface area contributed by atoms with E-state index in [0.29, 0.717) is 16.3 Å². The summed E-state index contributed by atoms with van der Waals surface area (Å²) in [6, 6.07) is 27.8. The summed E-state index contributed by atoms with van der Waals surface area (Å²) in [4.78, 5) is 29.2. The van der Waals surface area contributed by atoms with Crippen molar-refractivity contribution in [3.05, 3.63) is 119 Å². The van der Waals surface area contributed by atoms with Crippen LogP contribution in [-0.2, 0) is 32.6 Å². The molecule has 44 heavy (non-hydrogen) atoms. The molecule has 0 aliphatic carbocycles. The molecule has 9 nitrogen and oxygen atoms in total. The van der Waals surface area contributed by atoms with Gasteiger partial charge in [-0.3, -0.25) is 13.9 Å². The number of carbonyl (C=O) groups excluding carboxylic acids is 2. The number of rotatable bonds is 13. The molecular formula is C33H34ClN3O6S. The van der Waals surface area contributed by atoms with E-state index in [2.05, 4.69) is 5.32 Å². The Labute approximate surface area is 263 Å². The molecule has 0 radical (unpaired) electrons. The van der Waals surface area contributed by atoms with Crippen LogP contribution >= 0.6 is 11.6 Å². The van der Waals surface area contributed by atoms with Crippen LogP contribution in [0.1, 0.15) is 11.1 Å². The number of carbonyl (C=O) groups is 2. The Balaban J connectivity index is 1.85. The van der Waals surface area contributed by atoms with Crippen molar-refractivity contribution in [3.63, 3.8) is 0 Å². The highest BCUT2D eigenvalue weighted by Crippen LogP contribution is 2.36. The maximum atomic E-state index is 14.5. The van der Waals surface area contributed by atoms with Crippen LogP contribution in [0.25, 0.3) is 0 Å². The molecule has 0 saturated carbocycles. The van der Waals surface area contributed by atoms with Gasteiger partial charge in [0, 0.05) is 31.1 Å². The largest absolute Gasteiger partial charge is 0.497 e. The second kappa shape index (κ2) is 14.8. The van der Waals surface area contributed by atoms with E-state index in [1.165, 1.54) is 44.4 Å². The zero-order valence-electron chi connectivity index (χ0n) is 24.6. The number of sulfonamides is 1. The molecule has 1 atom stereocenters. The first kappa shape index (κ1) is 32.4. The van der Waals surface area contributed by atoms with Gasteiger partial charge in [-0.25, -0.2) is 8.42 Å². The highest BCUT2D eigenvalue weighted by molar-refractivity contribution is 7.92. The lowest BCUT2D eigenvalue weighted by atomic mass is 10.0. The number of nitrogens with zero attached hydrogens (tertiary/aromatic N) is 2. The number of methoxy groups -OCH3 is 2. The number of anilines is 1.